The third-order valence-corrected chi connectivity index (χ3v) is 4.09. The first-order valence-electron chi connectivity index (χ1n) is 6.78. The largest absolute Gasteiger partial charge is 0.361 e. The molecule has 2 nitrogen and oxygen atoms in total. The summed E-state index contributed by atoms with van der Waals surface area (Å²) in [6.07, 6.45) is 2.10. The van der Waals surface area contributed by atoms with Crippen LogP contribution in [0.3, 0.4) is 0 Å². The number of hydrogen-bond acceptors (Lipinski definition) is 1. The average molecular weight is 329 g/mol. The first-order valence-corrected chi connectivity index (χ1v) is 7.57. The van der Waals surface area contributed by atoms with E-state index in [-0.39, 0.29) is 0 Å². The lowest BCUT2D eigenvalue weighted by molar-refractivity contribution is 0.578. The highest BCUT2D eigenvalue weighted by atomic mass is 79.9. The molecule has 20 heavy (non-hydrogen) atoms. The van der Waals surface area contributed by atoms with Crippen molar-refractivity contribution in [2.24, 2.45) is 0 Å². The highest BCUT2D eigenvalue weighted by Gasteiger charge is 2.10. The van der Waals surface area contributed by atoms with Crippen LogP contribution in [0, 0.1) is 0 Å². The van der Waals surface area contributed by atoms with E-state index >= 15 is 0 Å². The summed E-state index contributed by atoms with van der Waals surface area (Å²) in [6.45, 7) is 3.08. The topological polar surface area (TPSA) is 27.8 Å². The number of fused-ring (bicyclic) bond motifs is 1. The van der Waals surface area contributed by atoms with Crippen LogP contribution in [0.5, 0.6) is 0 Å². The summed E-state index contributed by atoms with van der Waals surface area (Å²) in [7, 11) is 0. The first kappa shape index (κ1) is 13.4. The number of nitrogens with one attached hydrogen (secondary N) is 2. The molecule has 0 radical (unpaired) electrons. The minimum absolute atomic E-state index is 0.310. The molecule has 0 spiro atoms. The third kappa shape index (κ3) is 2.79. The Morgan fingerprint density at radius 2 is 1.95 bits per heavy atom. The summed E-state index contributed by atoms with van der Waals surface area (Å²) in [6, 6.07) is 17.2. The van der Waals surface area contributed by atoms with Crippen LogP contribution in [0.25, 0.3) is 10.9 Å². The van der Waals surface area contributed by atoms with Crippen molar-refractivity contribution in [1.29, 1.82) is 0 Å². The Morgan fingerprint density at radius 3 is 2.75 bits per heavy atom. The molecule has 0 amide bonds. The van der Waals surface area contributed by atoms with E-state index in [0.717, 1.165) is 11.0 Å². The van der Waals surface area contributed by atoms with Gasteiger partial charge in [-0.15, -0.1) is 0 Å². The molecule has 3 heteroatoms. The molecule has 1 aromatic heterocycles. The average Bonchev–Trinajstić information content (AvgIpc) is 2.89. The van der Waals surface area contributed by atoms with E-state index < -0.39 is 0 Å². The Morgan fingerprint density at radius 1 is 1.15 bits per heavy atom. The van der Waals surface area contributed by atoms with E-state index in [1.807, 2.05) is 6.07 Å². The molecule has 3 aromatic rings. The zero-order valence-electron chi connectivity index (χ0n) is 11.4. The van der Waals surface area contributed by atoms with Gasteiger partial charge in [-0.2, -0.15) is 0 Å². The van der Waals surface area contributed by atoms with E-state index in [1.54, 1.807) is 0 Å². The van der Waals surface area contributed by atoms with Crippen molar-refractivity contribution < 1.29 is 0 Å². The smallest absolute Gasteiger partial charge is 0.0468 e. The first-order chi connectivity index (χ1) is 9.74. The number of aromatic nitrogens is 1. The van der Waals surface area contributed by atoms with Crippen molar-refractivity contribution >= 4 is 26.8 Å². The van der Waals surface area contributed by atoms with Crippen LogP contribution in [-0.4, -0.2) is 4.98 Å². The second-order valence-corrected chi connectivity index (χ2v) is 5.94. The Bertz CT molecular complexity index is 703. The number of hydrogen-bond donors (Lipinski definition) is 2. The summed E-state index contributed by atoms with van der Waals surface area (Å²) in [5.74, 6) is 0. The fourth-order valence-corrected chi connectivity index (χ4v) is 2.82. The van der Waals surface area contributed by atoms with E-state index in [2.05, 4.69) is 81.8 Å². The van der Waals surface area contributed by atoms with Crippen molar-refractivity contribution in [3.8, 4) is 0 Å². The standard InChI is InChI=1S/C17H17BrN2/c1-12(19-10-13-5-3-2-4-6-13)16-11-20-17-9-14(18)7-8-15(16)17/h2-9,11-12,19-20H,10H2,1H3. The van der Waals surface area contributed by atoms with E-state index in [1.165, 1.54) is 22.0 Å². The Kier molecular flexibility index (Phi) is 3.90. The molecule has 1 unspecified atom stereocenters. The fraction of sp³-hybridized carbons (Fsp3) is 0.176. The molecule has 0 saturated heterocycles. The summed E-state index contributed by atoms with van der Waals surface area (Å²) < 4.78 is 1.10. The van der Waals surface area contributed by atoms with Gasteiger partial charge in [0.05, 0.1) is 0 Å². The van der Waals surface area contributed by atoms with Gasteiger partial charge in [0.2, 0.25) is 0 Å². The van der Waals surface area contributed by atoms with Crippen LogP contribution in [-0.2, 0) is 6.54 Å². The highest BCUT2D eigenvalue weighted by Crippen LogP contribution is 2.26. The van der Waals surface area contributed by atoms with Crippen molar-refractivity contribution in [3.63, 3.8) is 0 Å². The Balaban J connectivity index is 1.77. The van der Waals surface area contributed by atoms with Gasteiger partial charge in [0.1, 0.15) is 0 Å². The second-order valence-electron chi connectivity index (χ2n) is 5.02. The third-order valence-electron chi connectivity index (χ3n) is 3.60. The van der Waals surface area contributed by atoms with E-state index in [4.69, 9.17) is 0 Å². The van der Waals surface area contributed by atoms with Gasteiger partial charge in [-0.3, -0.25) is 0 Å². The lowest BCUT2D eigenvalue weighted by atomic mass is 10.1. The lowest BCUT2D eigenvalue weighted by Crippen LogP contribution is -2.17. The predicted molar refractivity (Wildman–Crippen MR) is 87.7 cm³/mol. The molecule has 1 heterocycles. The monoisotopic (exact) mass is 328 g/mol. The van der Waals surface area contributed by atoms with Gasteiger partial charge in [-0.25, -0.2) is 0 Å². The number of aromatic amines is 1. The van der Waals surface area contributed by atoms with Gasteiger partial charge in [0.15, 0.2) is 0 Å². The number of rotatable bonds is 4. The highest BCUT2D eigenvalue weighted by molar-refractivity contribution is 9.10. The van der Waals surface area contributed by atoms with Crippen LogP contribution in [0.15, 0.2) is 59.2 Å². The number of H-pyrrole nitrogens is 1. The maximum absolute atomic E-state index is 3.58. The predicted octanol–water partition coefficient (Wildman–Crippen LogP) is 4.78. The van der Waals surface area contributed by atoms with E-state index in [0.29, 0.717) is 6.04 Å². The van der Waals surface area contributed by atoms with Gasteiger partial charge in [0.25, 0.3) is 0 Å². The molecule has 0 aliphatic heterocycles. The van der Waals surface area contributed by atoms with Crippen LogP contribution >= 0.6 is 15.9 Å². The van der Waals surface area contributed by atoms with Gasteiger partial charge >= 0.3 is 0 Å². The molecule has 0 fully saturated rings. The van der Waals surface area contributed by atoms with Crippen molar-refractivity contribution in [2.45, 2.75) is 19.5 Å². The summed E-state index contributed by atoms with van der Waals surface area (Å²) in [5, 5.41) is 4.86. The summed E-state index contributed by atoms with van der Waals surface area (Å²) in [4.78, 5) is 3.34. The number of benzene rings is 2. The fourth-order valence-electron chi connectivity index (χ4n) is 2.46. The Hall–Kier alpha value is -1.58. The lowest BCUT2D eigenvalue weighted by Gasteiger charge is -2.13. The molecule has 0 saturated carbocycles. The molecular formula is C17H17BrN2. The molecule has 2 aromatic carbocycles. The molecule has 3 rings (SSSR count). The maximum Gasteiger partial charge on any atom is 0.0468 e. The number of halogens is 1. The zero-order chi connectivity index (χ0) is 13.9. The summed E-state index contributed by atoms with van der Waals surface area (Å²) >= 11 is 3.50. The van der Waals surface area contributed by atoms with E-state index in [9.17, 15) is 0 Å². The molecule has 0 aliphatic carbocycles. The van der Waals surface area contributed by atoms with Crippen LogP contribution < -0.4 is 5.32 Å². The molecule has 102 valence electrons. The van der Waals surface area contributed by atoms with Crippen LogP contribution in [0.1, 0.15) is 24.1 Å². The molecule has 0 aliphatic rings. The molecule has 0 bridgehead atoms. The van der Waals surface area contributed by atoms with Crippen molar-refractivity contribution in [1.82, 2.24) is 10.3 Å². The minimum Gasteiger partial charge on any atom is -0.361 e. The van der Waals surface area contributed by atoms with Gasteiger partial charge in [0, 0.05) is 34.2 Å². The van der Waals surface area contributed by atoms with Crippen molar-refractivity contribution in [3.05, 3.63) is 70.3 Å². The normalized spacial score (nSPS) is 12.7. The molecular weight excluding hydrogens is 312 g/mol. The summed E-state index contributed by atoms with van der Waals surface area (Å²) in [5.41, 5.74) is 3.79. The van der Waals surface area contributed by atoms with Crippen LogP contribution in [0.4, 0.5) is 0 Å². The van der Waals surface area contributed by atoms with Gasteiger partial charge < -0.3 is 10.3 Å². The zero-order valence-corrected chi connectivity index (χ0v) is 12.9. The minimum atomic E-state index is 0.310. The Labute approximate surface area is 127 Å². The van der Waals surface area contributed by atoms with Gasteiger partial charge in [-0.05, 0) is 30.2 Å². The van der Waals surface area contributed by atoms with Crippen molar-refractivity contribution in [2.75, 3.05) is 0 Å². The molecule has 1 atom stereocenters. The molecule has 2 N–H and O–H groups in total. The van der Waals surface area contributed by atoms with Gasteiger partial charge in [-0.1, -0.05) is 52.3 Å². The second kappa shape index (κ2) is 5.81. The SMILES string of the molecule is CC(NCc1ccccc1)c1c[nH]c2cc(Br)ccc12. The quantitative estimate of drug-likeness (QED) is 0.708. The maximum atomic E-state index is 3.58. The van der Waals surface area contributed by atoms with Crippen LogP contribution in [0.2, 0.25) is 0 Å².